The van der Waals surface area contributed by atoms with Crippen LogP contribution in [0.5, 0.6) is 0 Å². The summed E-state index contributed by atoms with van der Waals surface area (Å²) in [6.45, 7) is 3.94. The first kappa shape index (κ1) is 20.3. The molecule has 0 bridgehead atoms. The Kier molecular flexibility index (Phi) is 6.44. The van der Waals surface area contributed by atoms with E-state index >= 15 is 0 Å². The molecule has 2 rings (SSSR count). The van der Waals surface area contributed by atoms with Crippen LogP contribution < -0.4 is 10.6 Å². The topological polar surface area (TPSA) is 84.3 Å². The molecular formula is C19H21F2N3O3. The lowest BCUT2D eigenvalue weighted by Crippen LogP contribution is -2.41. The van der Waals surface area contributed by atoms with E-state index in [9.17, 15) is 23.7 Å². The molecule has 0 heterocycles. The van der Waals surface area contributed by atoms with Gasteiger partial charge in [-0.15, -0.1) is 0 Å². The standard InChI is InChI=1S/C19H21F2N3O3/c1-19(2,13-5-10-16(20)17(21)12-13)23-18(25)4-3-11-22-14-6-8-15(9-7-14)24(26)27/h5-10,12,22H,3-4,11H2,1-2H3,(H,23,25). The van der Waals surface area contributed by atoms with E-state index < -0.39 is 22.1 Å². The summed E-state index contributed by atoms with van der Waals surface area (Å²) >= 11 is 0. The molecule has 27 heavy (non-hydrogen) atoms. The minimum absolute atomic E-state index is 0.0133. The highest BCUT2D eigenvalue weighted by Gasteiger charge is 2.23. The zero-order chi connectivity index (χ0) is 20.0. The second-order valence-electron chi connectivity index (χ2n) is 6.64. The van der Waals surface area contributed by atoms with Crippen molar-refractivity contribution in [1.29, 1.82) is 0 Å². The summed E-state index contributed by atoms with van der Waals surface area (Å²) in [4.78, 5) is 22.3. The third kappa shape index (κ3) is 5.73. The van der Waals surface area contributed by atoms with Crippen LogP contribution in [0.15, 0.2) is 42.5 Å². The van der Waals surface area contributed by atoms with Crippen LogP contribution in [0.4, 0.5) is 20.2 Å². The normalized spacial score (nSPS) is 11.1. The third-order valence-corrected chi connectivity index (χ3v) is 4.08. The van der Waals surface area contributed by atoms with Crippen molar-refractivity contribution in [3.05, 3.63) is 69.8 Å². The number of benzene rings is 2. The Labute approximate surface area is 155 Å². The highest BCUT2D eigenvalue weighted by molar-refractivity contribution is 5.77. The lowest BCUT2D eigenvalue weighted by atomic mass is 9.94. The number of nitro benzene ring substituents is 1. The number of nitro groups is 1. The second-order valence-corrected chi connectivity index (χ2v) is 6.64. The Morgan fingerprint density at radius 1 is 1.11 bits per heavy atom. The lowest BCUT2D eigenvalue weighted by molar-refractivity contribution is -0.384. The molecule has 0 atom stereocenters. The first-order valence-corrected chi connectivity index (χ1v) is 8.44. The molecular weight excluding hydrogens is 356 g/mol. The first-order chi connectivity index (χ1) is 12.7. The third-order valence-electron chi connectivity index (χ3n) is 4.08. The van der Waals surface area contributed by atoms with Gasteiger partial charge in [-0.1, -0.05) is 6.07 Å². The number of hydrogen-bond acceptors (Lipinski definition) is 4. The molecule has 0 radical (unpaired) electrons. The van der Waals surface area contributed by atoms with Crippen LogP contribution in [0.3, 0.4) is 0 Å². The van der Waals surface area contributed by atoms with Crippen LogP contribution in [0.25, 0.3) is 0 Å². The van der Waals surface area contributed by atoms with E-state index in [-0.39, 0.29) is 18.0 Å². The fourth-order valence-electron chi connectivity index (χ4n) is 2.55. The number of non-ortho nitro benzene ring substituents is 1. The predicted octanol–water partition coefficient (Wildman–Crippen LogP) is 4.12. The molecule has 0 aliphatic rings. The molecule has 2 aromatic carbocycles. The summed E-state index contributed by atoms with van der Waals surface area (Å²) < 4.78 is 26.4. The van der Waals surface area contributed by atoms with Gasteiger partial charge >= 0.3 is 0 Å². The van der Waals surface area contributed by atoms with E-state index in [0.717, 1.165) is 17.8 Å². The van der Waals surface area contributed by atoms with Crippen molar-refractivity contribution in [2.24, 2.45) is 0 Å². The predicted molar refractivity (Wildman–Crippen MR) is 98.3 cm³/mol. The van der Waals surface area contributed by atoms with Gasteiger partial charge < -0.3 is 10.6 Å². The fraction of sp³-hybridized carbons (Fsp3) is 0.316. The number of hydrogen-bond donors (Lipinski definition) is 2. The van der Waals surface area contributed by atoms with Gasteiger partial charge in [0, 0.05) is 30.8 Å². The van der Waals surface area contributed by atoms with E-state index in [1.165, 1.54) is 18.2 Å². The number of nitrogens with zero attached hydrogens (tertiary/aromatic N) is 1. The van der Waals surface area contributed by atoms with Crippen molar-refractivity contribution in [2.75, 3.05) is 11.9 Å². The maximum atomic E-state index is 13.4. The van der Waals surface area contributed by atoms with Crippen LogP contribution in [0.2, 0.25) is 0 Å². The molecule has 0 unspecified atom stereocenters. The molecule has 0 aliphatic heterocycles. The number of halogens is 2. The molecule has 0 saturated heterocycles. The Hall–Kier alpha value is -3.03. The number of rotatable bonds is 8. The molecule has 0 fully saturated rings. The zero-order valence-corrected chi connectivity index (χ0v) is 15.1. The van der Waals surface area contributed by atoms with Gasteiger partial charge in [-0.3, -0.25) is 14.9 Å². The average molecular weight is 377 g/mol. The first-order valence-electron chi connectivity index (χ1n) is 8.44. The monoisotopic (exact) mass is 377 g/mol. The molecule has 0 saturated carbocycles. The molecule has 2 N–H and O–H groups in total. The minimum Gasteiger partial charge on any atom is -0.385 e. The van der Waals surface area contributed by atoms with Crippen molar-refractivity contribution in [3.63, 3.8) is 0 Å². The lowest BCUT2D eigenvalue weighted by Gasteiger charge is -2.27. The highest BCUT2D eigenvalue weighted by Crippen LogP contribution is 2.22. The molecule has 2 aromatic rings. The number of amides is 1. The van der Waals surface area contributed by atoms with Gasteiger partial charge in [0.25, 0.3) is 5.69 Å². The Balaban J connectivity index is 1.79. The van der Waals surface area contributed by atoms with Crippen molar-refractivity contribution >= 4 is 17.3 Å². The van der Waals surface area contributed by atoms with Gasteiger partial charge in [-0.05, 0) is 50.1 Å². The Morgan fingerprint density at radius 2 is 1.78 bits per heavy atom. The van der Waals surface area contributed by atoms with E-state index in [4.69, 9.17) is 0 Å². The van der Waals surface area contributed by atoms with E-state index in [0.29, 0.717) is 18.5 Å². The van der Waals surface area contributed by atoms with Gasteiger partial charge in [-0.25, -0.2) is 8.78 Å². The molecule has 1 amide bonds. The number of carbonyl (C=O) groups excluding carboxylic acids is 1. The van der Waals surface area contributed by atoms with Crippen LogP contribution >= 0.6 is 0 Å². The fourth-order valence-corrected chi connectivity index (χ4v) is 2.55. The van der Waals surface area contributed by atoms with Gasteiger partial charge in [0.15, 0.2) is 11.6 Å². The van der Waals surface area contributed by atoms with Crippen LogP contribution in [-0.2, 0) is 10.3 Å². The number of carbonyl (C=O) groups is 1. The van der Waals surface area contributed by atoms with Crippen molar-refractivity contribution < 1.29 is 18.5 Å². The number of nitrogens with one attached hydrogen (secondary N) is 2. The van der Waals surface area contributed by atoms with Crippen molar-refractivity contribution in [3.8, 4) is 0 Å². The molecule has 0 aliphatic carbocycles. The Morgan fingerprint density at radius 3 is 2.37 bits per heavy atom. The maximum absolute atomic E-state index is 13.4. The molecule has 144 valence electrons. The summed E-state index contributed by atoms with van der Waals surface area (Å²) in [6.07, 6.45) is 0.782. The van der Waals surface area contributed by atoms with Crippen LogP contribution in [0.1, 0.15) is 32.3 Å². The summed E-state index contributed by atoms with van der Waals surface area (Å²) in [7, 11) is 0. The Bertz CT molecular complexity index is 823. The zero-order valence-electron chi connectivity index (χ0n) is 15.1. The van der Waals surface area contributed by atoms with E-state index in [1.54, 1.807) is 26.0 Å². The average Bonchev–Trinajstić information content (AvgIpc) is 2.61. The minimum atomic E-state index is -0.956. The van der Waals surface area contributed by atoms with Gasteiger partial charge in [0.1, 0.15) is 0 Å². The summed E-state index contributed by atoms with van der Waals surface area (Å²) in [6, 6.07) is 9.56. The maximum Gasteiger partial charge on any atom is 0.269 e. The molecule has 6 nitrogen and oxygen atoms in total. The second kappa shape index (κ2) is 8.57. The molecule has 0 aromatic heterocycles. The molecule has 0 spiro atoms. The SMILES string of the molecule is CC(C)(NC(=O)CCCNc1ccc([N+](=O)[O-])cc1)c1ccc(F)c(F)c1. The quantitative estimate of drug-likeness (QED) is 0.412. The van der Waals surface area contributed by atoms with Gasteiger partial charge in [0.05, 0.1) is 10.5 Å². The summed E-state index contributed by atoms with van der Waals surface area (Å²) in [5, 5.41) is 16.5. The van der Waals surface area contributed by atoms with Crippen molar-refractivity contribution in [2.45, 2.75) is 32.2 Å². The smallest absolute Gasteiger partial charge is 0.269 e. The van der Waals surface area contributed by atoms with Gasteiger partial charge in [-0.2, -0.15) is 0 Å². The number of anilines is 1. The van der Waals surface area contributed by atoms with Gasteiger partial charge in [0.2, 0.25) is 5.91 Å². The summed E-state index contributed by atoms with van der Waals surface area (Å²) in [5.41, 5.74) is 0.374. The molecule has 8 heteroatoms. The van der Waals surface area contributed by atoms with Crippen LogP contribution in [0, 0.1) is 21.7 Å². The summed E-state index contributed by atoms with van der Waals surface area (Å²) in [5.74, 6) is -2.10. The van der Waals surface area contributed by atoms with E-state index in [1.807, 2.05) is 0 Å². The highest BCUT2D eigenvalue weighted by atomic mass is 19.2. The van der Waals surface area contributed by atoms with E-state index in [2.05, 4.69) is 10.6 Å². The largest absolute Gasteiger partial charge is 0.385 e. The van der Waals surface area contributed by atoms with Crippen LogP contribution in [-0.4, -0.2) is 17.4 Å². The van der Waals surface area contributed by atoms with Crippen molar-refractivity contribution in [1.82, 2.24) is 5.32 Å².